The van der Waals surface area contributed by atoms with Crippen molar-refractivity contribution >= 4 is 11.8 Å². The first-order chi connectivity index (χ1) is 14.5. The van der Waals surface area contributed by atoms with E-state index in [4.69, 9.17) is 9.47 Å². The van der Waals surface area contributed by atoms with Gasteiger partial charge in [0.2, 0.25) is 5.91 Å². The summed E-state index contributed by atoms with van der Waals surface area (Å²) in [5.74, 6) is 2.18. The summed E-state index contributed by atoms with van der Waals surface area (Å²) >= 11 is 0. The van der Waals surface area contributed by atoms with Gasteiger partial charge in [-0.15, -0.1) is 0 Å². The molecule has 1 saturated heterocycles. The van der Waals surface area contributed by atoms with E-state index in [0.29, 0.717) is 48.5 Å². The molecule has 1 N–H and O–H groups in total. The van der Waals surface area contributed by atoms with Crippen LogP contribution in [0.1, 0.15) is 55.8 Å². The van der Waals surface area contributed by atoms with Crippen LogP contribution in [0.2, 0.25) is 0 Å². The van der Waals surface area contributed by atoms with Gasteiger partial charge in [0.15, 0.2) is 11.5 Å². The zero-order chi connectivity index (χ0) is 21.5. The minimum atomic E-state index is 0.00793. The number of hydrogen-bond acceptors (Lipinski definition) is 4. The van der Waals surface area contributed by atoms with Gasteiger partial charge in [0.25, 0.3) is 5.91 Å². The highest BCUT2D eigenvalue weighted by atomic mass is 16.5. The lowest BCUT2D eigenvalue weighted by atomic mass is 9.96. The molecular formula is C24H34N2O4. The van der Waals surface area contributed by atoms with E-state index in [-0.39, 0.29) is 11.8 Å². The third kappa shape index (κ3) is 5.55. The SMILES string of the molecule is COc1ccc(C(=O)N2CCC(CNC(=O)/C=C(\C)C3CCCC3)CC2)cc1OC. The predicted octanol–water partition coefficient (Wildman–Crippen LogP) is 3.81. The summed E-state index contributed by atoms with van der Waals surface area (Å²) in [7, 11) is 3.14. The van der Waals surface area contributed by atoms with Crippen molar-refractivity contribution in [2.24, 2.45) is 11.8 Å². The van der Waals surface area contributed by atoms with Crippen molar-refractivity contribution < 1.29 is 19.1 Å². The van der Waals surface area contributed by atoms with Crippen molar-refractivity contribution in [2.75, 3.05) is 33.9 Å². The summed E-state index contributed by atoms with van der Waals surface area (Å²) < 4.78 is 10.5. The summed E-state index contributed by atoms with van der Waals surface area (Å²) in [4.78, 5) is 27.0. The van der Waals surface area contributed by atoms with Crippen molar-refractivity contribution in [3.8, 4) is 11.5 Å². The van der Waals surface area contributed by atoms with E-state index in [1.165, 1.54) is 31.3 Å². The van der Waals surface area contributed by atoms with Gasteiger partial charge < -0.3 is 19.7 Å². The molecule has 3 rings (SSSR count). The summed E-state index contributed by atoms with van der Waals surface area (Å²) in [6.45, 7) is 4.15. The van der Waals surface area contributed by atoms with E-state index < -0.39 is 0 Å². The Balaban J connectivity index is 1.46. The number of carbonyl (C=O) groups excluding carboxylic acids is 2. The molecule has 1 aliphatic heterocycles. The fourth-order valence-corrected chi connectivity index (χ4v) is 4.49. The first kappa shape index (κ1) is 22.2. The molecule has 0 radical (unpaired) electrons. The molecule has 0 bridgehead atoms. The molecule has 2 amide bonds. The van der Waals surface area contributed by atoms with E-state index in [9.17, 15) is 9.59 Å². The van der Waals surface area contributed by atoms with Crippen LogP contribution in [-0.4, -0.2) is 50.6 Å². The molecule has 30 heavy (non-hydrogen) atoms. The Morgan fingerprint density at radius 2 is 1.73 bits per heavy atom. The molecule has 0 spiro atoms. The zero-order valence-electron chi connectivity index (χ0n) is 18.4. The lowest BCUT2D eigenvalue weighted by Crippen LogP contribution is -2.41. The maximum absolute atomic E-state index is 12.8. The molecule has 0 unspecified atom stereocenters. The van der Waals surface area contributed by atoms with E-state index in [1.807, 2.05) is 4.90 Å². The summed E-state index contributed by atoms with van der Waals surface area (Å²) in [6, 6.07) is 5.26. The van der Waals surface area contributed by atoms with Gasteiger partial charge in [0.05, 0.1) is 14.2 Å². The molecular weight excluding hydrogens is 380 g/mol. The molecule has 6 nitrogen and oxygen atoms in total. The van der Waals surface area contributed by atoms with Crippen molar-refractivity contribution in [2.45, 2.75) is 45.4 Å². The molecule has 164 valence electrons. The average molecular weight is 415 g/mol. The number of piperidine rings is 1. The number of amides is 2. The number of carbonyl (C=O) groups is 2. The van der Waals surface area contributed by atoms with Gasteiger partial charge in [-0.1, -0.05) is 18.4 Å². The number of nitrogens with zero attached hydrogens (tertiary/aromatic N) is 1. The quantitative estimate of drug-likeness (QED) is 0.689. The Morgan fingerprint density at radius 1 is 1.07 bits per heavy atom. The number of methoxy groups -OCH3 is 2. The van der Waals surface area contributed by atoms with Gasteiger partial charge in [-0.05, 0) is 62.6 Å². The lowest BCUT2D eigenvalue weighted by molar-refractivity contribution is -0.116. The van der Waals surface area contributed by atoms with Crippen LogP contribution in [-0.2, 0) is 4.79 Å². The summed E-state index contributed by atoms with van der Waals surface area (Å²) in [5, 5.41) is 3.06. The Hall–Kier alpha value is -2.50. The van der Waals surface area contributed by atoms with Crippen LogP contribution in [0.25, 0.3) is 0 Å². The summed E-state index contributed by atoms with van der Waals surface area (Å²) in [5.41, 5.74) is 1.81. The van der Waals surface area contributed by atoms with Gasteiger partial charge in [-0.3, -0.25) is 9.59 Å². The average Bonchev–Trinajstić information content (AvgIpc) is 3.32. The third-order valence-electron chi connectivity index (χ3n) is 6.46. The number of likely N-dealkylation sites (tertiary alicyclic amines) is 1. The highest BCUT2D eigenvalue weighted by molar-refractivity contribution is 5.95. The van der Waals surface area contributed by atoms with Gasteiger partial charge in [0, 0.05) is 31.3 Å². The maximum atomic E-state index is 12.8. The van der Waals surface area contributed by atoms with E-state index >= 15 is 0 Å². The molecule has 1 aromatic rings. The van der Waals surface area contributed by atoms with Crippen molar-refractivity contribution in [3.05, 3.63) is 35.4 Å². The molecule has 0 atom stereocenters. The van der Waals surface area contributed by atoms with Crippen molar-refractivity contribution in [1.82, 2.24) is 10.2 Å². The molecule has 2 aliphatic rings. The van der Waals surface area contributed by atoms with Crippen molar-refractivity contribution in [1.29, 1.82) is 0 Å². The lowest BCUT2D eigenvalue weighted by Gasteiger charge is -2.32. The first-order valence-corrected chi connectivity index (χ1v) is 11.0. The Bertz CT molecular complexity index is 775. The van der Waals surface area contributed by atoms with Crippen LogP contribution in [0.4, 0.5) is 0 Å². The number of benzene rings is 1. The van der Waals surface area contributed by atoms with Crippen LogP contribution >= 0.6 is 0 Å². The Labute approximate surface area is 179 Å². The largest absolute Gasteiger partial charge is 0.493 e. The second-order valence-electron chi connectivity index (χ2n) is 8.42. The molecule has 1 aliphatic carbocycles. The number of hydrogen-bond donors (Lipinski definition) is 1. The fourth-order valence-electron chi connectivity index (χ4n) is 4.49. The maximum Gasteiger partial charge on any atom is 0.253 e. The standard InChI is InChI=1S/C24H34N2O4/c1-17(19-6-4-5-7-19)14-23(27)25-16-18-10-12-26(13-11-18)24(28)20-8-9-21(29-2)22(15-20)30-3/h8-9,14-15,18-19H,4-7,10-13,16H2,1-3H3,(H,25,27)/b17-14+. The molecule has 1 aromatic carbocycles. The van der Waals surface area contributed by atoms with Gasteiger partial charge in [0.1, 0.15) is 0 Å². The number of ether oxygens (including phenoxy) is 2. The number of allylic oxidation sites excluding steroid dienone is 1. The molecule has 1 heterocycles. The predicted molar refractivity (Wildman–Crippen MR) is 117 cm³/mol. The van der Waals surface area contributed by atoms with Crippen LogP contribution in [0, 0.1) is 11.8 Å². The second-order valence-corrected chi connectivity index (χ2v) is 8.42. The van der Waals surface area contributed by atoms with Gasteiger partial charge >= 0.3 is 0 Å². The van der Waals surface area contributed by atoms with Crippen molar-refractivity contribution in [3.63, 3.8) is 0 Å². The van der Waals surface area contributed by atoms with Crippen LogP contribution in [0.5, 0.6) is 11.5 Å². The minimum absolute atomic E-state index is 0.00793. The first-order valence-electron chi connectivity index (χ1n) is 11.0. The Kier molecular flexibility index (Phi) is 7.77. The van der Waals surface area contributed by atoms with Gasteiger partial charge in [-0.25, -0.2) is 0 Å². The second kappa shape index (κ2) is 10.5. The molecule has 6 heteroatoms. The molecule has 0 aromatic heterocycles. The van der Waals surface area contributed by atoms with Crippen LogP contribution in [0.3, 0.4) is 0 Å². The zero-order valence-corrected chi connectivity index (χ0v) is 18.4. The smallest absolute Gasteiger partial charge is 0.253 e. The molecule has 1 saturated carbocycles. The monoisotopic (exact) mass is 414 g/mol. The van der Waals surface area contributed by atoms with E-state index in [1.54, 1.807) is 38.5 Å². The van der Waals surface area contributed by atoms with Gasteiger partial charge in [-0.2, -0.15) is 0 Å². The Morgan fingerprint density at radius 3 is 2.37 bits per heavy atom. The number of rotatable bonds is 7. The minimum Gasteiger partial charge on any atom is -0.493 e. The normalized spacial score (nSPS) is 18.4. The van der Waals surface area contributed by atoms with Crippen LogP contribution in [0.15, 0.2) is 29.8 Å². The van der Waals surface area contributed by atoms with E-state index in [0.717, 1.165) is 12.8 Å². The van der Waals surface area contributed by atoms with E-state index in [2.05, 4.69) is 12.2 Å². The molecule has 2 fully saturated rings. The summed E-state index contributed by atoms with van der Waals surface area (Å²) in [6.07, 6.45) is 8.54. The van der Waals surface area contributed by atoms with Crippen LogP contribution < -0.4 is 14.8 Å². The topological polar surface area (TPSA) is 67.9 Å². The number of nitrogens with one attached hydrogen (secondary N) is 1. The fraction of sp³-hybridized carbons (Fsp3) is 0.583. The highest BCUT2D eigenvalue weighted by Crippen LogP contribution is 2.31. The third-order valence-corrected chi connectivity index (χ3v) is 6.46. The highest BCUT2D eigenvalue weighted by Gasteiger charge is 2.25.